The number of imidazole rings is 1. The van der Waals surface area contributed by atoms with Crippen molar-refractivity contribution in [1.29, 1.82) is 0 Å². The number of H-pyrrole nitrogens is 2. The van der Waals surface area contributed by atoms with E-state index in [2.05, 4.69) is 20.3 Å². The number of halogens is 1. The lowest BCUT2D eigenvalue weighted by atomic mass is 10.0. The summed E-state index contributed by atoms with van der Waals surface area (Å²) in [5.41, 5.74) is 5.64. The van der Waals surface area contributed by atoms with Crippen LogP contribution in [0.25, 0.3) is 22.4 Å². The average Bonchev–Trinajstić information content (AvgIpc) is 3.29. The van der Waals surface area contributed by atoms with E-state index in [0.717, 1.165) is 22.2 Å². The molecule has 2 aromatic heterocycles. The molecule has 1 amide bonds. The Balaban J connectivity index is 1.49. The van der Waals surface area contributed by atoms with Gasteiger partial charge < -0.3 is 20.2 Å². The molecule has 33 heavy (non-hydrogen) atoms. The van der Waals surface area contributed by atoms with Gasteiger partial charge in [-0.05, 0) is 67.3 Å². The van der Waals surface area contributed by atoms with Crippen molar-refractivity contribution in [2.24, 2.45) is 0 Å². The SMILES string of the molecule is Cc1ccc(F)cc1CC(C)Nc1cc[nH]c(=O)c1-c1nc2cc3c(cc2[nH]1)CN(C)C3=O. The zero-order chi connectivity index (χ0) is 23.3. The van der Waals surface area contributed by atoms with Gasteiger partial charge in [0, 0.05) is 31.4 Å². The van der Waals surface area contributed by atoms with Crippen LogP contribution in [-0.4, -0.2) is 38.8 Å². The monoisotopic (exact) mass is 445 g/mol. The Morgan fingerprint density at radius 3 is 2.85 bits per heavy atom. The van der Waals surface area contributed by atoms with E-state index in [0.29, 0.717) is 41.1 Å². The number of benzene rings is 2. The Morgan fingerprint density at radius 1 is 1.21 bits per heavy atom. The fourth-order valence-electron chi connectivity index (χ4n) is 4.42. The van der Waals surface area contributed by atoms with Gasteiger partial charge in [-0.1, -0.05) is 6.07 Å². The fraction of sp³-hybridized carbons (Fsp3) is 0.240. The smallest absolute Gasteiger partial charge is 0.261 e. The number of aromatic nitrogens is 3. The number of aromatic amines is 2. The molecular weight excluding hydrogens is 421 g/mol. The topological polar surface area (TPSA) is 93.9 Å². The summed E-state index contributed by atoms with van der Waals surface area (Å²) < 4.78 is 13.7. The molecule has 1 aliphatic rings. The van der Waals surface area contributed by atoms with Crippen LogP contribution < -0.4 is 10.9 Å². The molecule has 0 bridgehead atoms. The number of hydrogen-bond acceptors (Lipinski definition) is 4. The molecule has 1 atom stereocenters. The first-order chi connectivity index (χ1) is 15.8. The van der Waals surface area contributed by atoms with E-state index >= 15 is 0 Å². The van der Waals surface area contributed by atoms with Gasteiger partial charge in [-0.15, -0.1) is 0 Å². The molecule has 1 aliphatic heterocycles. The van der Waals surface area contributed by atoms with E-state index in [-0.39, 0.29) is 23.3 Å². The maximum atomic E-state index is 13.7. The maximum Gasteiger partial charge on any atom is 0.261 e. The molecular formula is C25H24FN5O2. The molecule has 5 rings (SSSR count). The second kappa shape index (κ2) is 7.88. The number of carbonyl (C=O) groups is 1. The highest BCUT2D eigenvalue weighted by Gasteiger charge is 2.26. The van der Waals surface area contributed by atoms with Crippen LogP contribution in [0.5, 0.6) is 0 Å². The third-order valence-electron chi connectivity index (χ3n) is 6.13. The van der Waals surface area contributed by atoms with Gasteiger partial charge >= 0.3 is 0 Å². The Bertz CT molecular complexity index is 1460. The zero-order valence-electron chi connectivity index (χ0n) is 18.6. The van der Waals surface area contributed by atoms with Crippen LogP contribution in [-0.2, 0) is 13.0 Å². The van der Waals surface area contributed by atoms with E-state index in [1.165, 1.54) is 6.07 Å². The largest absolute Gasteiger partial charge is 0.381 e. The number of nitrogens with zero attached hydrogens (tertiary/aromatic N) is 2. The first-order valence-electron chi connectivity index (χ1n) is 10.8. The van der Waals surface area contributed by atoms with Crippen LogP contribution in [0.3, 0.4) is 0 Å². The molecule has 4 aromatic rings. The second-order valence-electron chi connectivity index (χ2n) is 8.69. The van der Waals surface area contributed by atoms with Gasteiger partial charge in [0.1, 0.15) is 17.2 Å². The van der Waals surface area contributed by atoms with E-state index in [1.807, 2.05) is 19.9 Å². The van der Waals surface area contributed by atoms with E-state index < -0.39 is 0 Å². The lowest BCUT2D eigenvalue weighted by Gasteiger charge is -2.18. The second-order valence-corrected chi connectivity index (χ2v) is 8.69. The van der Waals surface area contributed by atoms with Crippen LogP contribution in [0.15, 0.2) is 47.4 Å². The maximum absolute atomic E-state index is 13.7. The molecule has 0 saturated carbocycles. The minimum Gasteiger partial charge on any atom is -0.381 e. The predicted octanol–water partition coefficient (Wildman–Crippen LogP) is 3.99. The molecule has 0 saturated heterocycles. The van der Waals surface area contributed by atoms with Crippen molar-refractivity contribution in [1.82, 2.24) is 19.9 Å². The normalized spacial score (nSPS) is 14.1. The third kappa shape index (κ3) is 3.77. The minimum absolute atomic E-state index is 0.0298. The fourth-order valence-corrected chi connectivity index (χ4v) is 4.42. The van der Waals surface area contributed by atoms with Crippen molar-refractivity contribution in [3.05, 3.63) is 81.0 Å². The predicted molar refractivity (Wildman–Crippen MR) is 126 cm³/mol. The summed E-state index contributed by atoms with van der Waals surface area (Å²) in [5.74, 6) is 0.129. The Hall–Kier alpha value is -3.94. The molecule has 8 heteroatoms. The van der Waals surface area contributed by atoms with Crippen molar-refractivity contribution in [2.45, 2.75) is 32.9 Å². The van der Waals surface area contributed by atoms with Gasteiger partial charge in [0.25, 0.3) is 11.5 Å². The van der Waals surface area contributed by atoms with Gasteiger partial charge in [-0.25, -0.2) is 9.37 Å². The van der Waals surface area contributed by atoms with Gasteiger partial charge in [-0.2, -0.15) is 0 Å². The van der Waals surface area contributed by atoms with Gasteiger partial charge in [-0.3, -0.25) is 9.59 Å². The number of nitrogens with one attached hydrogen (secondary N) is 3. The van der Waals surface area contributed by atoms with Crippen LogP contribution in [0.2, 0.25) is 0 Å². The van der Waals surface area contributed by atoms with Gasteiger partial charge in [0.2, 0.25) is 0 Å². The number of fused-ring (bicyclic) bond motifs is 2. The molecule has 7 nitrogen and oxygen atoms in total. The average molecular weight is 445 g/mol. The van der Waals surface area contributed by atoms with Gasteiger partial charge in [0.15, 0.2) is 0 Å². The molecule has 0 radical (unpaired) electrons. The molecule has 168 valence electrons. The number of hydrogen-bond donors (Lipinski definition) is 3. The molecule has 3 heterocycles. The van der Waals surface area contributed by atoms with Crippen molar-refractivity contribution >= 4 is 22.6 Å². The van der Waals surface area contributed by atoms with Crippen molar-refractivity contribution in [3.63, 3.8) is 0 Å². The first kappa shape index (κ1) is 20.9. The summed E-state index contributed by atoms with van der Waals surface area (Å²) >= 11 is 0. The number of aryl methyl sites for hydroxylation is 1. The Morgan fingerprint density at radius 2 is 2.03 bits per heavy atom. The van der Waals surface area contributed by atoms with Gasteiger partial charge in [0.05, 0.1) is 16.7 Å². The lowest BCUT2D eigenvalue weighted by Crippen LogP contribution is -2.22. The number of rotatable bonds is 5. The van der Waals surface area contributed by atoms with Crippen molar-refractivity contribution in [2.75, 3.05) is 12.4 Å². The number of amides is 1. The summed E-state index contributed by atoms with van der Waals surface area (Å²) in [6.07, 6.45) is 2.18. The molecule has 0 fully saturated rings. The first-order valence-corrected chi connectivity index (χ1v) is 10.8. The van der Waals surface area contributed by atoms with Crippen molar-refractivity contribution in [3.8, 4) is 11.4 Å². The quantitative estimate of drug-likeness (QED) is 0.433. The standard InChI is InChI=1S/C25H24FN5O2/c1-13-4-5-17(26)9-15(13)8-14(2)28-19-6-7-27-24(32)22(19)23-29-20-10-16-12-31(3)25(33)18(16)11-21(20)30-23/h4-7,9-11,14H,8,12H2,1-3H3,(H,29,30)(H2,27,28,32). The molecule has 2 aromatic carbocycles. The van der Waals surface area contributed by atoms with Crippen LogP contribution in [0.1, 0.15) is 34.0 Å². The van der Waals surface area contributed by atoms with E-state index in [4.69, 9.17) is 0 Å². The highest BCUT2D eigenvalue weighted by molar-refractivity contribution is 6.01. The number of carbonyl (C=O) groups excluding carboxylic acids is 1. The summed E-state index contributed by atoms with van der Waals surface area (Å²) in [7, 11) is 1.77. The number of pyridine rings is 1. The molecule has 1 unspecified atom stereocenters. The van der Waals surface area contributed by atoms with Crippen LogP contribution in [0, 0.1) is 12.7 Å². The van der Waals surface area contributed by atoms with Crippen LogP contribution >= 0.6 is 0 Å². The summed E-state index contributed by atoms with van der Waals surface area (Å²) in [6.45, 7) is 4.49. The minimum atomic E-state index is -0.281. The lowest BCUT2D eigenvalue weighted by molar-refractivity contribution is 0.0816. The zero-order valence-corrected chi connectivity index (χ0v) is 18.6. The summed E-state index contributed by atoms with van der Waals surface area (Å²) in [5, 5.41) is 3.38. The number of anilines is 1. The molecule has 0 aliphatic carbocycles. The molecule has 3 N–H and O–H groups in total. The Labute approximate surface area is 189 Å². The summed E-state index contributed by atoms with van der Waals surface area (Å²) in [4.78, 5) is 37.4. The Kier molecular flexibility index (Phi) is 5.00. The highest BCUT2D eigenvalue weighted by Crippen LogP contribution is 2.29. The van der Waals surface area contributed by atoms with Crippen LogP contribution in [0.4, 0.5) is 10.1 Å². The highest BCUT2D eigenvalue weighted by atomic mass is 19.1. The van der Waals surface area contributed by atoms with E-state index in [9.17, 15) is 14.0 Å². The molecule has 0 spiro atoms. The third-order valence-corrected chi connectivity index (χ3v) is 6.13. The summed E-state index contributed by atoms with van der Waals surface area (Å²) in [6, 6.07) is 10.2. The van der Waals surface area contributed by atoms with E-state index in [1.54, 1.807) is 42.4 Å². The van der Waals surface area contributed by atoms with Crippen molar-refractivity contribution < 1.29 is 9.18 Å².